The molecule has 0 saturated heterocycles. The second-order valence-electron chi connectivity index (χ2n) is 4.95. The van der Waals surface area contributed by atoms with Gasteiger partial charge in [0, 0.05) is 26.1 Å². The van der Waals surface area contributed by atoms with Crippen LogP contribution in [0.3, 0.4) is 0 Å². The van der Waals surface area contributed by atoms with E-state index in [1.807, 2.05) is 6.92 Å². The molecular formula is C14H18N2O3. The van der Waals surface area contributed by atoms with Crippen molar-refractivity contribution in [3.63, 3.8) is 0 Å². The molecule has 19 heavy (non-hydrogen) atoms. The molecule has 2 rings (SSSR count). The zero-order chi connectivity index (χ0) is 14.0. The highest BCUT2D eigenvalue weighted by molar-refractivity contribution is 6.24. The summed E-state index contributed by atoms with van der Waals surface area (Å²) in [4.78, 5) is 36.4. The highest BCUT2D eigenvalue weighted by atomic mass is 16.2. The fraction of sp³-hybridized carbons (Fsp3) is 0.571. The summed E-state index contributed by atoms with van der Waals surface area (Å²) >= 11 is 0. The Hall–Kier alpha value is -1.78. The van der Waals surface area contributed by atoms with E-state index >= 15 is 0 Å². The summed E-state index contributed by atoms with van der Waals surface area (Å²) in [5.74, 6) is -1.95. The molecule has 0 aromatic carbocycles. The number of carbonyl (C=O) groups is 3. The van der Waals surface area contributed by atoms with Crippen molar-refractivity contribution >= 4 is 17.3 Å². The van der Waals surface area contributed by atoms with Crippen molar-refractivity contribution in [2.45, 2.75) is 39.0 Å². The molecule has 1 aliphatic carbocycles. The van der Waals surface area contributed by atoms with Crippen molar-refractivity contribution in [2.24, 2.45) is 13.0 Å². The Morgan fingerprint density at radius 1 is 1.32 bits per heavy atom. The highest BCUT2D eigenvalue weighted by Crippen LogP contribution is 2.22. The maximum Gasteiger partial charge on any atom is 0.184 e. The molecule has 102 valence electrons. The van der Waals surface area contributed by atoms with Gasteiger partial charge in [0.15, 0.2) is 17.3 Å². The van der Waals surface area contributed by atoms with E-state index < -0.39 is 5.92 Å². The van der Waals surface area contributed by atoms with Crippen molar-refractivity contribution in [3.05, 3.63) is 17.5 Å². The maximum absolute atomic E-state index is 12.5. The van der Waals surface area contributed by atoms with Gasteiger partial charge in [0.25, 0.3) is 0 Å². The number of nitrogens with zero attached hydrogens (tertiary/aromatic N) is 2. The minimum Gasteiger partial charge on any atom is -0.298 e. The summed E-state index contributed by atoms with van der Waals surface area (Å²) in [6.07, 6.45) is 4.25. The first kappa shape index (κ1) is 13.6. The van der Waals surface area contributed by atoms with Crippen molar-refractivity contribution in [1.29, 1.82) is 0 Å². The van der Waals surface area contributed by atoms with Crippen LogP contribution in [0.5, 0.6) is 0 Å². The smallest absolute Gasteiger partial charge is 0.184 e. The first-order valence-electron chi connectivity index (χ1n) is 6.66. The van der Waals surface area contributed by atoms with Gasteiger partial charge in [-0.05, 0) is 19.3 Å². The topological polar surface area (TPSA) is 69.0 Å². The van der Waals surface area contributed by atoms with Crippen LogP contribution < -0.4 is 0 Å². The first-order valence-corrected chi connectivity index (χ1v) is 6.66. The monoisotopic (exact) mass is 262 g/mol. The van der Waals surface area contributed by atoms with Gasteiger partial charge in [0.2, 0.25) is 0 Å². The number of aromatic nitrogens is 2. The van der Waals surface area contributed by atoms with Gasteiger partial charge in [0.05, 0.1) is 11.3 Å². The zero-order valence-electron chi connectivity index (χ0n) is 11.3. The molecule has 0 radical (unpaired) electrons. The lowest BCUT2D eigenvalue weighted by molar-refractivity contribution is -0.129. The largest absolute Gasteiger partial charge is 0.298 e. The van der Waals surface area contributed by atoms with Crippen LogP contribution in [-0.2, 0) is 23.1 Å². The van der Waals surface area contributed by atoms with E-state index in [2.05, 4.69) is 5.10 Å². The third-order valence-corrected chi connectivity index (χ3v) is 3.51. The normalized spacial score (nSPS) is 17.6. The lowest BCUT2D eigenvalue weighted by Crippen LogP contribution is -2.30. The second-order valence-corrected chi connectivity index (χ2v) is 4.95. The quantitative estimate of drug-likeness (QED) is 0.470. The summed E-state index contributed by atoms with van der Waals surface area (Å²) in [5.41, 5.74) is 1.07. The Morgan fingerprint density at radius 3 is 2.42 bits per heavy atom. The molecule has 5 heteroatoms. The molecule has 0 unspecified atom stereocenters. The highest BCUT2D eigenvalue weighted by Gasteiger charge is 2.36. The number of ketones is 3. The van der Waals surface area contributed by atoms with Crippen LogP contribution in [0.1, 0.15) is 48.7 Å². The Morgan fingerprint density at radius 2 is 1.89 bits per heavy atom. The van der Waals surface area contributed by atoms with Gasteiger partial charge >= 0.3 is 0 Å². The van der Waals surface area contributed by atoms with Gasteiger partial charge in [-0.2, -0.15) is 5.10 Å². The molecule has 1 heterocycles. The minimum absolute atomic E-state index is 0.238. The van der Waals surface area contributed by atoms with Gasteiger partial charge in [-0.15, -0.1) is 0 Å². The van der Waals surface area contributed by atoms with Gasteiger partial charge in [-0.25, -0.2) is 0 Å². The molecule has 0 N–H and O–H groups in total. The van der Waals surface area contributed by atoms with Crippen LogP contribution in [0.15, 0.2) is 6.20 Å². The summed E-state index contributed by atoms with van der Waals surface area (Å²) in [7, 11) is 1.73. The summed E-state index contributed by atoms with van der Waals surface area (Å²) in [5, 5.41) is 4.19. The second kappa shape index (κ2) is 5.47. The zero-order valence-corrected chi connectivity index (χ0v) is 11.3. The molecule has 5 nitrogen and oxygen atoms in total. The van der Waals surface area contributed by atoms with Crippen molar-refractivity contribution < 1.29 is 14.4 Å². The van der Waals surface area contributed by atoms with E-state index in [4.69, 9.17) is 0 Å². The van der Waals surface area contributed by atoms with Gasteiger partial charge < -0.3 is 0 Å². The average molecular weight is 262 g/mol. The fourth-order valence-electron chi connectivity index (χ4n) is 2.52. The Bertz CT molecular complexity index is 513. The van der Waals surface area contributed by atoms with Gasteiger partial charge in [0.1, 0.15) is 5.92 Å². The van der Waals surface area contributed by atoms with E-state index in [0.717, 1.165) is 0 Å². The van der Waals surface area contributed by atoms with E-state index in [0.29, 0.717) is 43.4 Å². The van der Waals surface area contributed by atoms with E-state index in [1.54, 1.807) is 17.9 Å². The predicted octanol–water partition coefficient (Wildman–Crippen LogP) is 1.49. The van der Waals surface area contributed by atoms with Crippen LogP contribution in [0, 0.1) is 5.92 Å². The first-order chi connectivity index (χ1) is 9.04. The van der Waals surface area contributed by atoms with E-state index in [-0.39, 0.29) is 17.3 Å². The Labute approximate surface area is 112 Å². The third-order valence-electron chi connectivity index (χ3n) is 3.51. The molecule has 1 saturated carbocycles. The van der Waals surface area contributed by atoms with Crippen LogP contribution >= 0.6 is 0 Å². The molecule has 1 aliphatic rings. The number of Topliss-reactive ketones (excluding diaryl/α,β-unsaturated/α-hetero) is 3. The van der Waals surface area contributed by atoms with E-state index in [1.165, 1.54) is 0 Å². The van der Waals surface area contributed by atoms with Gasteiger partial charge in [-0.3, -0.25) is 19.1 Å². The standard InChI is InChI=1S/C14H18N2O3/c1-3-10-9(8-16(2)15-10)14(19)13-11(17)6-4-5-7-12(13)18/h8,13H,3-7H2,1-2H3. The van der Waals surface area contributed by atoms with Crippen molar-refractivity contribution in [3.8, 4) is 0 Å². The molecule has 1 aromatic heterocycles. The molecule has 0 amide bonds. The summed E-state index contributed by atoms with van der Waals surface area (Å²) in [6, 6.07) is 0. The fourth-order valence-corrected chi connectivity index (χ4v) is 2.52. The summed E-state index contributed by atoms with van der Waals surface area (Å²) in [6.45, 7) is 1.90. The van der Waals surface area contributed by atoms with Crippen molar-refractivity contribution in [1.82, 2.24) is 9.78 Å². The molecule has 0 aliphatic heterocycles. The van der Waals surface area contributed by atoms with Crippen LogP contribution in [0.25, 0.3) is 0 Å². The Balaban J connectivity index is 2.35. The lowest BCUT2D eigenvalue weighted by Gasteiger charge is -2.10. The van der Waals surface area contributed by atoms with Gasteiger partial charge in [-0.1, -0.05) is 6.92 Å². The lowest BCUT2D eigenvalue weighted by atomic mass is 9.89. The third kappa shape index (κ3) is 2.64. The number of rotatable bonds is 3. The SMILES string of the molecule is CCc1nn(C)cc1C(=O)C1C(=O)CCCCC1=O. The average Bonchev–Trinajstić information content (AvgIpc) is 2.67. The predicted molar refractivity (Wildman–Crippen MR) is 68.9 cm³/mol. The summed E-state index contributed by atoms with van der Waals surface area (Å²) < 4.78 is 1.55. The van der Waals surface area contributed by atoms with Crippen LogP contribution in [0.2, 0.25) is 0 Å². The molecule has 1 fully saturated rings. The van der Waals surface area contributed by atoms with Crippen LogP contribution in [0.4, 0.5) is 0 Å². The number of hydrogen-bond acceptors (Lipinski definition) is 4. The molecule has 0 atom stereocenters. The molecule has 1 aromatic rings. The molecule has 0 spiro atoms. The maximum atomic E-state index is 12.5. The molecule has 0 bridgehead atoms. The minimum atomic E-state index is -1.10. The van der Waals surface area contributed by atoms with Crippen LogP contribution in [-0.4, -0.2) is 27.1 Å². The van der Waals surface area contributed by atoms with E-state index in [9.17, 15) is 14.4 Å². The Kier molecular flexibility index (Phi) is 3.93. The number of hydrogen-bond donors (Lipinski definition) is 0. The van der Waals surface area contributed by atoms with Crippen molar-refractivity contribution in [2.75, 3.05) is 0 Å². The number of carbonyl (C=O) groups excluding carboxylic acids is 3. The number of aryl methyl sites for hydroxylation is 2. The molecular weight excluding hydrogens is 244 g/mol.